The van der Waals surface area contributed by atoms with Crippen LogP contribution in [0.3, 0.4) is 0 Å². The topological polar surface area (TPSA) is 67.7 Å². The van der Waals surface area contributed by atoms with Crippen molar-refractivity contribution in [2.75, 3.05) is 24.7 Å². The van der Waals surface area contributed by atoms with Crippen LogP contribution in [0.1, 0.15) is 45.4 Å². The summed E-state index contributed by atoms with van der Waals surface area (Å²) >= 11 is 6.20. The van der Waals surface area contributed by atoms with Gasteiger partial charge in [0.05, 0.1) is 37.2 Å². The van der Waals surface area contributed by atoms with Gasteiger partial charge in [-0.3, -0.25) is 0 Å². The molecule has 2 unspecified atom stereocenters. The van der Waals surface area contributed by atoms with Gasteiger partial charge in [0.25, 0.3) is 0 Å². The van der Waals surface area contributed by atoms with Crippen LogP contribution in [-0.2, 0) is 21.7 Å². The molecule has 2 aliphatic heterocycles. The van der Waals surface area contributed by atoms with Crippen LogP contribution in [0.15, 0.2) is 0 Å². The van der Waals surface area contributed by atoms with Crippen LogP contribution in [0.25, 0.3) is 0 Å². The SMILES string of the molecule is CC1COCCN1c1nc(Cl)nc2c1COC2(C)CC(C)(C)O. The van der Waals surface area contributed by atoms with Crippen molar-refractivity contribution in [3.63, 3.8) is 0 Å². The standard InChI is InChI=1S/C16H24ClN3O3/c1-10-7-22-6-5-20(10)13-11-8-23-16(4,9-15(2,3)21)12(11)18-14(17)19-13/h10,21H,5-9H2,1-4H3. The maximum absolute atomic E-state index is 10.2. The molecule has 2 aliphatic rings. The number of hydrogen-bond acceptors (Lipinski definition) is 6. The van der Waals surface area contributed by atoms with Crippen LogP contribution in [0.2, 0.25) is 5.28 Å². The highest BCUT2D eigenvalue weighted by molar-refractivity contribution is 6.28. The zero-order valence-corrected chi connectivity index (χ0v) is 14.9. The molecular formula is C16H24ClN3O3. The van der Waals surface area contributed by atoms with Crippen LogP contribution in [0, 0.1) is 0 Å². The van der Waals surface area contributed by atoms with Crippen LogP contribution < -0.4 is 4.90 Å². The molecule has 0 aliphatic carbocycles. The second-order valence-corrected chi connectivity index (χ2v) is 7.61. The third kappa shape index (κ3) is 3.31. The first-order valence-electron chi connectivity index (χ1n) is 7.97. The number of morpholine rings is 1. The second-order valence-electron chi connectivity index (χ2n) is 7.27. The summed E-state index contributed by atoms with van der Waals surface area (Å²) in [5.41, 5.74) is 0.230. The Morgan fingerprint density at radius 3 is 2.83 bits per heavy atom. The Hall–Kier alpha value is -0.950. The van der Waals surface area contributed by atoms with Gasteiger partial charge >= 0.3 is 0 Å². The molecule has 0 spiro atoms. The molecule has 6 nitrogen and oxygen atoms in total. The molecule has 0 bridgehead atoms. The minimum Gasteiger partial charge on any atom is -0.390 e. The number of halogens is 1. The van der Waals surface area contributed by atoms with Crippen molar-refractivity contribution in [3.8, 4) is 0 Å². The number of nitrogens with zero attached hydrogens (tertiary/aromatic N) is 3. The lowest BCUT2D eigenvalue weighted by atomic mass is 9.87. The van der Waals surface area contributed by atoms with Crippen molar-refractivity contribution >= 4 is 17.4 Å². The Morgan fingerprint density at radius 1 is 1.43 bits per heavy atom. The van der Waals surface area contributed by atoms with E-state index in [4.69, 9.17) is 21.1 Å². The molecule has 0 radical (unpaired) electrons. The first-order chi connectivity index (χ1) is 10.7. The summed E-state index contributed by atoms with van der Waals surface area (Å²) in [6.45, 7) is 10.1. The molecule has 2 atom stereocenters. The van der Waals surface area contributed by atoms with Crippen LogP contribution >= 0.6 is 11.6 Å². The highest BCUT2D eigenvalue weighted by Gasteiger charge is 2.44. The van der Waals surface area contributed by atoms with Crippen LogP contribution in [0.5, 0.6) is 0 Å². The fraction of sp³-hybridized carbons (Fsp3) is 0.750. The minimum atomic E-state index is -0.861. The molecule has 1 fully saturated rings. The summed E-state index contributed by atoms with van der Waals surface area (Å²) in [4.78, 5) is 11.1. The van der Waals surface area contributed by atoms with Crippen LogP contribution in [0.4, 0.5) is 5.82 Å². The van der Waals surface area contributed by atoms with Crippen molar-refractivity contribution in [1.29, 1.82) is 0 Å². The molecule has 1 aromatic rings. The molecule has 128 valence electrons. The summed E-state index contributed by atoms with van der Waals surface area (Å²) in [6, 6.07) is 0.222. The molecule has 3 rings (SSSR count). The number of aliphatic hydroxyl groups is 1. The Bertz CT molecular complexity index is 605. The van der Waals surface area contributed by atoms with Gasteiger partial charge in [0.2, 0.25) is 5.28 Å². The van der Waals surface area contributed by atoms with Crippen molar-refractivity contribution < 1.29 is 14.6 Å². The first kappa shape index (κ1) is 16.9. The molecular weight excluding hydrogens is 318 g/mol. The van der Waals surface area contributed by atoms with E-state index < -0.39 is 11.2 Å². The van der Waals surface area contributed by atoms with Crippen molar-refractivity contribution in [1.82, 2.24) is 9.97 Å². The maximum atomic E-state index is 10.2. The summed E-state index contributed by atoms with van der Waals surface area (Å²) in [5, 5.41) is 10.4. The lowest BCUT2D eigenvalue weighted by Gasteiger charge is -2.35. The number of aromatic nitrogens is 2. The lowest BCUT2D eigenvalue weighted by molar-refractivity contribution is -0.0812. The van der Waals surface area contributed by atoms with Gasteiger partial charge in [-0.15, -0.1) is 0 Å². The van der Waals surface area contributed by atoms with Gasteiger partial charge in [0.15, 0.2) is 0 Å². The second kappa shape index (κ2) is 5.84. The zero-order valence-electron chi connectivity index (χ0n) is 14.1. The third-order valence-corrected chi connectivity index (χ3v) is 4.57. The van der Waals surface area contributed by atoms with Crippen molar-refractivity contribution in [2.45, 2.75) is 58.0 Å². The van der Waals surface area contributed by atoms with Gasteiger partial charge in [0.1, 0.15) is 11.4 Å². The van der Waals surface area contributed by atoms with E-state index >= 15 is 0 Å². The Morgan fingerprint density at radius 2 is 2.17 bits per heavy atom. The molecule has 1 saturated heterocycles. The van der Waals surface area contributed by atoms with E-state index in [2.05, 4.69) is 21.8 Å². The predicted molar refractivity (Wildman–Crippen MR) is 87.7 cm³/mol. The summed E-state index contributed by atoms with van der Waals surface area (Å²) in [7, 11) is 0. The molecule has 0 amide bonds. The predicted octanol–water partition coefficient (Wildman–Crippen LogP) is 2.26. The van der Waals surface area contributed by atoms with Gasteiger partial charge < -0.3 is 19.5 Å². The molecule has 7 heteroatoms. The Labute approximate surface area is 141 Å². The smallest absolute Gasteiger partial charge is 0.224 e. The molecule has 1 N–H and O–H groups in total. The number of rotatable bonds is 3. The first-order valence-corrected chi connectivity index (χ1v) is 8.35. The molecule has 0 saturated carbocycles. The van der Waals surface area contributed by atoms with Gasteiger partial charge in [-0.1, -0.05) is 0 Å². The average Bonchev–Trinajstić information content (AvgIpc) is 2.74. The van der Waals surface area contributed by atoms with E-state index in [1.165, 1.54) is 0 Å². The van der Waals surface area contributed by atoms with E-state index in [1.807, 2.05) is 6.92 Å². The fourth-order valence-corrected chi connectivity index (χ4v) is 3.72. The van der Waals surface area contributed by atoms with Gasteiger partial charge in [-0.05, 0) is 39.3 Å². The Balaban J connectivity index is 2.02. The van der Waals surface area contributed by atoms with E-state index in [0.29, 0.717) is 26.2 Å². The van der Waals surface area contributed by atoms with E-state index in [9.17, 15) is 5.11 Å². The van der Waals surface area contributed by atoms with E-state index in [1.54, 1.807) is 13.8 Å². The van der Waals surface area contributed by atoms with Crippen molar-refractivity contribution in [2.24, 2.45) is 0 Å². The number of fused-ring (bicyclic) bond motifs is 1. The van der Waals surface area contributed by atoms with Gasteiger partial charge in [0, 0.05) is 18.5 Å². The lowest BCUT2D eigenvalue weighted by Crippen LogP contribution is -2.44. The molecule has 1 aromatic heterocycles. The van der Waals surface area contributed by atoms with E-state index in [0.717, 1.165) is 23.6 Å². The zero-order chi connectivity index (χ0) is 16.8. The Kier molecular flexibility index (Phi) is 4.29. The fourth-order valence-electron chi connectivity index (χ4n) is 3.56. The quantitative estimate of drug-likeness (QED) is 0.851. The summed E-state index contributed by atoms with van der Waals surface area (Å²) < 4.78 is 11.5. The summed E-state index contributed by atoms with van der Waals surface area (Å²) in [5.74, 6) is 0.829. The maximum Gasteiger partial charge on any atom is 0.224 e. The van der Waals surface area contributed by atoms with Gasteiger partial charge in [-0.25, -0.2) is 9.97 Å². The molecule has 23 heavy (non-hydrogen) atoms. The van der Waals surface area contributed by atoms with E-state index in [-0.39, 0.29) is 11.3 Å². The van der Waals surface area contributed by atoms with Crippen molar-refractivity contribution in [3.05, 3.63) is 16.5 Å². The minimum absolute atomic E-state index is 0.213. The summed E-state index contributed by atoms with van der Waals surface area (Å²) in [6.07, 6.45) is 0.443. The van der Waals surface area contributed by atoms with Gasteiger partial charge in [-0.2, -0.15) is 0 Å². The average molecular weight is 342 g/mol. The molecule has 0 aromatic carbocycles. The number of ether oxygens (including phenoxy) is 2. The monoisotopic (exact) mass is 341 g/mol. The highest BCUT2D eigenvalue weighted by atomic mass is 35.5. The molecule has 3 heterocycles. The number of anilines is 1. The highest BCUT2D eigenvalue weighted by Crippen LogP contribution is 2.44. The van der Waals surface area contributed by atoms with Crippen LogP contribution in [-0.4, -0.2) is 46.5 Å². The normalized spacial score (nSPS) is 28.1. The third-order valence-electron chi connectivity index (χ3n) is 4.40. The number of hydrogen-bond donors (Lipinski definition) is 1. The largest absolute Gasteiger partial charge is 0.390 e.